The van der Waals surface area contributed by atoms with Gasteiger partial charge in [-0.2, -0.15) is 9.40 Å². The van der Waals surface area contributed by atoms with E-state index in [1.54, 1.807) is 41.6 Å². The molecule has 9 heteroatoms. The first kappa shape index (κ1) is 21.4. The summed E-state index contributed by atoms with van der Waals surface area (Å²) in [6.45, 7) is 8.35. The number of carbonyl (C=O) groups is 1. The Bertz CT molecular complexity index is 1010. The number of halogens is 1. The average Bonchev–Trinajstić information content (AvgIpc) is 2.98. The maximum absolute atomic E-state index is 13.8. The fourth-order valence-electron chi connectivity index (χ4n) is 3.75. The van der Waals surface area contributed by atoms with Gasteiger partial charge < -0.3 is 4.90 Å². The van der Waals surface area contributed by atoms with E-state index >= 15 is 0 Å². The Morgan fingerprint density at radius 1 is 1.14 bits per heavy atom. The highest BCUT2D eigenvalue weighted by Crippen LogP contribution is 2.26. The molecular weight excluding hydrogens is 395 g/mol. The van der Waals surface area contributed by atoms with Gasteiger partial charge in [-0.05, 0) is 39.3 Å². The number of hydrogen-bond acceptors (Lipinski definition) is 4. The Hall–Kier alpha value is -2.26. The quantitative estimate of drug-likeness (QED) is 0.741. The van der Waals surface area contributed by atoms with Crippen LogP contribution >= 0.6 is 0 Å². The van der Waals surface area contributed by atoms with Crippen molar-refractivity contribution in [1.82, 2.24) is 19.0 Å². The van der Waals surface area contributed by atoms with Crippen LogP contribution in [0, 0.1) is 19.7 Å². The second-order valence-electron chi connectivity index (χ2n) is 7.59. The third-order valence-electron chi connectivity index (χ3n) is 5.24. The van der Waals surface area contributed by atoms with Gasteiger partial charge in [0, 0.05) is 32.2 Å². The van der Waals surface area contributed by atoms with Crippen molar-refractivity contribution in [2.24, 2.45) is 0 Å². The van der Waals surface area contributed by atoms with Crippen LogP contribution in [0.25, 0.3) is 0 Å². The van der Waals surface area contributed by atoms with E-state index in [9.17, 15) is 17.6 Å². The molecule has 2 aromatic rings. The molecule has 0 aliphatic carbocycles. The monoisotopic (exact) mass is 422 g/mol. The molecule has 0 N–H and O–H groups in total. The van der Waals surface area contributed by atoms with Crippen molar-refractivity contribution >= 4 is 15.9 Å². The largest absolute Gasteiger partial charge is 0.340 e. The summed E-state index contributed by atoms with van der Waals surface area (Å²) in [6.07, 6.45) is -0.0290. The third kappa shape index (κ3) is 4.20. The summed E-state index contributed by atoms with van der Waals surface area (Å²) >= 11 is 0. The Kier molecular flexibility index (Phi) is 6.09. The molecule has 1 aliphatic rings. The van der Waals surface area contributed by atoms with E-state index in [1.807, 2.05) is 13.8 Å². The summed E-state index contributed by atoms with van der Waals surface area (Å²) in [5.74, 6) is -0.609. The molecule has 158 valence electrons. The minimum absolute atomic E-state index is 0.0290. The van der Waals surface area contributed by atoms with Crippen molar-refractivity contribution < 1.29 is 17.6 Å². The molecule has 0 bridgehead atoms. The molecule has 0 unspecified atom stereocenters. The van der Waals surface area contributed by atoms with Crippen LogP contribution in [0.5, 0.6) is 0 Å². The average molecular weight is 423 g/mol. The van der Waals surface area contributed by atoms with E-state index in [4.69, 9.17) is 0 Å². The Labute approximate surface area is 171 Å². The highest BCUT2D eigenvalue weighted by molar-refractivity contribution is 7.89. The molecule has 0 radical (unpaired) electrons. The minimum Gasteiger partial charge on any atom is -0.340 e. The van der Waals surface area contributed by atoms with E-state index in [0.29, 0.717) is 17.0 Å². The van der Waals surface area contributed by atoms with Gasteiger partial charge in [-0.1, -0.05) is 18.2 Å². The molecule has 1 saturated heterocycles. The van der Waals surface area contributed by atoms with E-state index in [-0.39, 0.29) is 49.4 Å². The van der Waals surface area contributed by atoms with Gasteiger partial charge in [0.05, 0.1) is 17.8 Å². The number of piperazine rings is 1. The van der Waals surface area contributed by atoms with Gasteiger partial charge in [0.2, 0.25) is 15.9 Å². The Balaban J connectivity index is 1.70. The van der Waals surface area contributed by atoms with Gasteiger partial charge in [-0.25, -0.2) is 12.8 Å². The lowest BCUT2D eigenvalue weighted by atomic mass is 10.1. The standard InChI is InChI=1S/C20H27FN4O3S/c1-14(2)25-16(4)20(15(3)22-25)29(27,28)24-11-9-23(10-12-24)19(26)13-17-7-5-6-8-18(17)21/h5-8,14H,9-13H2,1-4H3. The van der Waals surface area contributed by atoms with Crippen LogP contribution in [0.1, 0.15) is 36.8 Å². The lowest BCUT2D eigenvalue weighted by Crippen LogP contribution is -2.51. The molecule has 1 fully saturated rings. The number of nitrogens with zero attached hydrogens (tertiary/aromatic N) is 4. The molecular formula is C20H27FN4O3S. The highest BCUT2D eigenvalue weighted by Gasteiger charge is 2.34. The van der Waals surface area contributed by atoms with Gasteiger partial charge >= 0.3 is 0 Å². The van der Waals surface area contributed by atoms with Crippen LogP contribution < -0.4 is 0 Å². The number of aryl methyl sites for hydroxylation is 1. The SMILES string of the molecule is Cc1nn(C(C)C)c(C)c1S(=O)(=O)N1CCN(C(=O)Cc2ccccc2F)CC1. The zero-order chi connectivity index (χ0) is 21.3. The topological polar surface area (TPSA) is 75.5 Å². The highest BCUT2D eigenvalue weighted by atomic mass is 32.2. The summed E-state index contributed by atoms with van der Waals surface area (Å²) in [5.41, 5.74) is 1.45. The molecule has 2 heterocycles. The van der Waals surface area contributed by atoms with Crippen LogP contribution in [0.15, 0.2) is 29.2 Å². The van der Waals surface area contributed by atoms with Crippen molar-refractivity contribution in [2.75, 3.05) is 26.2 Å². The number of hydrogen-bond donors (Lipinski definition) is 0. The summed E-state index contributed by atoms with van der Waals surface area (Å²) in [6, 6.07) is 6.25. The zero-order valence-electron chi connectivity index (χ0n) is 17.2. The number of sulfonamides is 1. The van der Waals surface area contributed by atoms with Gasteiger partial charge in [-0.3, -0.25) is 9.48 Å². The summed E-state index contributed by atoms with van der Waals surface area (Å²) in [7, 11) is -3.70. The van der Waals surface area contributed by atoms with Crippen molar-refractivity contribution in [3.8, 4) is 0 Å². The van der Waals surface area contributed by atoms with E-state index in [1.165, 1.54) is 10.4 Å². The third-order valence-corrected chi connectivity index (χ3v) is 7.39. The predicted octanol–water partition coefficient (Wildman–Crippen LogP) is 2.30. The number of rotatable bonds is 5. The molecule has 1 aromatic carbocycles. The van der Waals surface area contributed by atoms with E-state index < -0.39 is 15.8 Å². The predicted molar refractivity (Wildman–Crippen MR) is 108 cm³/mol. The lowest BCUT2D eigenvalue weighted by molar-refractivity contribution is -0.131. The van der Waals surface area contributed by atoms with Crippen LogP contribution in [-0.2, 0) is 21.2 Å². The van der Waals surface area contributed by atoms with Crippen LogP contribution in [0.4, 0.5) is 4.39 Å². The molecule has 3 rings (SSSR count). The van der Waals surface area contributed by atoms with Gasteiger partial charge in [0.1, 0.15) is 10.7 Å². The smallest absolute Gasteiger partial charge is 0.246 e. The first-order valence-corrected chi connectivity index (χ1v) is 11.1. The Morgan fingerprint density at radius 3 is 2.31 bits per heavy atom. The maximum Gasteiger partial charge on any atom is 0.246 e. The molecule has 7 nitrogen and oxygen atoms in total. The first-order chi connectivity index (χ1) is 13.6. The fraction of sp³-hybridized carbons (Fsp3) is 0.500. The molecule has 0 spiro atoms. The maximum atomic E-state index is 13.8. The molecule has 29 heavy (non-hydrogen) atoms. The normalized spacial score (nSPS) is 15.9. The fourth-order valence-corrected chi connectivity index (χ4v) is 5.53. The van der Waals surface area contributed by atoms with Crippen LogP contribution in [0.3, 0.4) is 0 Å². The van der Waals surface area contributed by atoms with Gasteiger partial charge in [0.25, 0.3) is 0 Å². The van der Waals surface area contributed by atoms with Gasteiger partial charge in [0.15, 0.2) is 0 Å². The van der Waals surface area contributed by atoms with Crippen LogP contribution in [-0.4, -0.2) is 59.5 Å². The molecule has 0 saturated carbocycles. The van der Waals surface area contributed by atoms with Crippen molar-refractivity contribution in [1.29, 1.82) is 0 Å². The number of aromatic nitrogens is 2. The molecule has 0 atom stereocenters. The van der Waals surface area contributed by atoms with Gasteiger partial charge in [-0.15, -0.1) is 0 Å². The van der Waals surface area contributed by atoms with Crippen molar-refractivity contribution in [2.45, 2.75) is 45.1 Å². The lowest BCUT2D eigenvalue weighted by Gasteiger charge is -2.34. The minimum atomic E-state index is -3.70. The number of carbonyl (C=O) groups excluding carboxylic acids is 1. The second kappa shape index (κ2) is 8.23. The molecule has 1 aliphatic heterocycles. The first-order valence-electron chi connectivity index (χ1n) is 9.70. The van der Waals surface area contributed by atoms with Crippen molar-refractivity contribution in [3.63, 3.8) is 0 Å². The summed E-state index contributed by atoms with van der Waals surface area (Å²) in [5, 5.41) is 4.38. The summed E-state index contributed by atoms with van der Waals surface area (Å²) in [4.78, 5) is 14.4. The van der Waals surface area contributed by atoms with E-state index in [2.05, 4.69) is 5.10 Å². The Morgan fingerprint density at radius 2 is 1.76 bits per heavy atom. The second-order valence-corrected chi connectivity index (χ2v) is 9.47. The molecule has 1 amide bonds. The molecule has 1 aromatic heterocycles. The summed E-state index contributed by atoms with van der Waals surface area (Å²) < 4.78 is 43.3. The zero-order valence-corrected chi connectivity index (χ0v) is 18.0. The van der Waals surface area contributed by atoms with Crippen molar-refractivity contribution in [3.05, 3.63) is 47.0 Å². The van der Waals surface area contributed by atoms with E-state index in [0.717, 1.165) is 0 Å². The number of amides is 1. The number of benzene rings is 1. The van der Waals surface area contributed by atoms with Crippen LogP contribution in [0.2, 0.25) is 0 Å².